The molecule has 4 heteroatoms. The molecule has 0 bridgehead atoms. The Labute approximate surface area is 120 Å². The molecule has 1 atom stereocenters. The second-order valence-electron chi connectivity index (χ2n) is 6.21. The van der Waals surface area contributed by atoms with E-state index in [1.54, 1.807) is 0 Å². The maximum Gasteiger partial charge on any atom is 0.240 e. The van der Waals surface area contributed by atoms with Crippen molar-refractivity contribution >= 4 is 0 Å². The van der Waals surface area contributed by atoms with E-state index < -0.39 is 0 Å². The molecule has 2 rings (SSSR count). The van der Waals surface area contributed by atoms with Gasteiger partial charge in [-0.3, -0.25) is 0 Å². The summed E-state index contributed by atoms with van der Waals surface area (Å²) in [5.74, 6) is 1.30. The number of nitrogens with one attached hydrogen (secondary N) is 1. The lowest BCUT2D eigenvalue weighted by molar-refractivity contribution is 0.357. The topological polar surface area (TPSA) is 51.0 Å². The van der Waals surface area contributed by atoms with Crippen molar-refractivity contribution in [3.63, 3.8) is 0 Å². The molecule has 0 fully saturated rings. The van der Waals surface area contributed by atoms with Crippen molar-refractivity contribution in [2.75, 3.05) is 0 Å². The second-order valence-corrected chi connectivity index (χ2v) is 6.21. The highest BCUT2D eigenvalue weighted by Gasteiger charge is 2.14. The van der Waals surface area contributed by atoms with E-state index in [4.69, 9.17) is 4.52 Å². The standard InChI is InChI=1S/C16H23N3O/c1-11(17-10-15-18-12(2)19-20-15)13-6-8-14(9-7-13)16(3,4)5/h6-9,11,17H,10H2,1-5H3. The Morgan fingerprint density at radius 2 is 1.85 bits per heavy atom. The molecule has 0 saturated carbocycles. The number of aryl methyl sites for hydroxylation is 1. The van der Waals surface area contributed by atoms with Gasteiger partial charge in [-0.05, 0) is 30.4 Å². The third-order valence-corrected chi connectivity index (χ3v) is 3.41. The molecule has 1 heterocycles. The van der Waals surface area contributed by atoms with E-state index in [0.29, 0.717) is 18.3 Å². The van der Waals surface area contributed by atoms with Crippen LogP contribution in [0, 0.1) is 6.92 Å². The summed E-state index contributed by atoms with van der Waals surface area (Å²) >= 11 is 0. The summed E-state index contributed by atoms with van der Waals surface area (Å²) in [7, 11) is 0. The maximum absolute atomic E-state index is 5.09. The van der Waals surface area contributed by atoms with E-state index in [-0.39, 0.29) is 11.5 Å². The fourth-order valence-electron chi connectivity index (χ4n) is 2.04. The molecule has 1 aromatic heterocycles. The van der Waals surface area contributed by atoms with Gasteiger partial charge < -0.3 is 9.84 Å². The summed E-state index contributed by atoms with van der Waals surface area (Å²) in [6.45, 7) is 11.2. The number of hydrogen-bond donors (Lipinski definition) is 1. The summed E-state index contributed by atoms with van der Waals surface area (Å²) in [4.78, 5) is 4.18. The van der Waals surface area contributed by atoms with Gasteiger partial charge in [0.25, 0.3) is 0 Å². The molecular formula is C16H23N3O. The summed E-state index contributed by atoms with van der Waals surface area (Å²) in [5, 5.41) is 7.17. The van der Waals surface area contributed by atoms with Gasteiger partial charge in [0.15, 0.2) is 5.82 Å². The number of benzene rings is 1. The van der Waals surface area contributed by atoms with Gasteiger partial charge in [-0.1, -0.05) is 50.2 Å². The van der Waals surface area contributed by atoms with Crippen molar-refractivity contribution in [2.45, 2.75) is 52.6 Å². The molecule has 4 nitrogen and oxygen atoms in total. The molecule has 1 N–H and O–H groups in total. The zero-order chi connectivity index (χ0) is 14.8. The highest BCUT2D eigenvalue weighted by Crippen LogP contribution is 2.23. The molecule has 1 unspecified atom stereocenters. The van der Waals surface area contributed by atoms with Gasteiger partial charge in [-0.15, -0.1) is 0 Å². The number of aromatic nitrogens is 2. The van der Waals surface area contributed by atoms with Crippen LogP contribution in [0.15, 0.2) is 28.8 Å². The normalized spacial score (nSPS) is 13.4. The summed E-state index contributed by atoms with van der Waals surface area (Å²) in [6, 6.07) is 9.00. The average molecular weight is 273 g/mol. The quantitative estimate of drug-likeness (QED) is 0.926. The Bertz CT molecular complexity index is 552. The van der Waals surface area contributed by atoms with Crippen LogP contribution < -0.4 is 5.32 Å². The lowest BCUT2D eigenvalue weighted by Gasteiger charge is -2.20. The minimum Gasteiger partial charge on any atom is -0.338 e. The Morgan fingerprint density at radius 3 is 2.35 bits per heavy atom. The first kappa shape index (κ1) is 14.7. The number of nitrogens with zero attached hydrogens (tertiary/aromatic N) is 2. The zero-order valence-electron chi connectivity index (χ0n) is 12.9. The monoisotopic (exact) mass is 273 g/mol. The van der Waals surface area contributed by atoms with E-state index in [9.17, 15) is 0 Å². The van der Waals surface area contributed by atoms with Gasteiger partial charge >= 0.3 is 0 Å². The first-order chi connectivity index (χ1) is 9.36. The van der Waals surface area contributed by atoms with Crippen LogP contribution in [0.5, 0.6) is 0 Å². The Kier molecular flexibility index (Phi) is 4.23. The van der Waals surface area contributed by atoms with Crippen LogP contribution in [0.25, 0.3) is 0 Å². The average Bonchev–Trinajstić information content (AvgIpc) is 2.81. The molecule has 1 aromatic carbocycles. The van der Waals surface area contributed by atoms with E-state index in [1.807, 2.05) is 6.92 Å². The lowest BCUT2D eigenvalue weighted by atomic mass is 9.86. The van der Waals surface area contributed by atoms with Crippen LogP contribution in [0.2, 0.25) is 0 Å². The Morgan fingerprint density at radius 1 is 1.20 bits per heavy atom. The van der Waals surface area contributed by atoms with Crippen molar-refractivity contribution in [2.24, 2.45) is 0 Å². The minimum atomic E-state index is 0.191. The number of hydrogen-bond acceptors (Lipinski definition) is 4. The molecular weight excluding hydrogens is 250 g/mol. The highest BCUT2D eigenvalue weighted by atomic mass is 16.5. The molecule has 0 saturated heterocycles. The Balaban J connectivity index is 1.97. The second kappa shape index (κ2) is 5.75. The molecule has 0 radical (unpaired) electrons. The van der Waals surface area contributed by atoms with Crippen LogP contribution in [-0.4, -0.2) is 10.1 Å². The van der Waals surface area contributed by atoms with Gasteiger partial charge in [0, 0.05) is 6.04 Å². The first-order valence-corrected chi connectivity index (χ1v) is 6.99. The molecule has 20 heavy (non-hydrogen) atoms. The van der Waals surface area contributed by atoms with Crippen LogP contribution in [0.4, 0.5) is 0 Å². The van der Waals surface area contributed by atoms with Gasteiger partial charge in [-0.2, -0.15) is 4.98 Å². The van der Waals surface area contributed by atoms with Crippen molar-refractivity contribution in [3.8, 4) is 0 Å². The molecule has 2 aromatic rings. The fraction of sp³-hybridized carbons (Fsp3) is 0.500. The van der Waals surface area contributed by atoms with Crippen molar-refractivity contribution in [1.82, 2.24) is 15.5 Å². The summed E-state index contributed by atoms with van der Waals surface area (Å²) in [5.41, 5.74) is 2.80. The molecule has 108 valence electrons. The summed E-state index contributed by atoms with van der Waals surface area (Å²) < 4.78 is 5.09. The lowest BCUT2D eigenvalue weighted by Crippen LogP contribution is -2.18. The molecule has 0 aliphatic rings. The molecule has 0 aliphatic heterocycles. The summed E-state index contributed by atoms with van der Waals surface area (Å²) in [6.07, 6.45) is 0. The molecule has 0 amide bonds. The minimum absolute atomic E-state index is 0.191. The fourth-order valence-corrected chi connectivity index (χ4v) is 2.04. The maximum atomic E-state index is 5.09. The van der Waals surface area contributed by atoms with E-state index in [2.05, 4.69) is 67.4 Å². The van der Waals surface area contributed by atoms with Gasteiger partial charge in [0.2, 0.25) is 5.89 Å². The first-order valence-electron chi connectivity index (χ1n) is 6.99. The van der Waals surface area contributed by atoms with Gasteiger partial charge in [0.05, 0.1) is 6.54 Å². The highest BCUT2D eigenvalue weighted by molar-refractivity contribution is 5.29. The van der Waals surface area contributed by atoms with Gasteiger partial charge in [0.1, 0.15) is 0 Å². The van der Waals surface area contributed by atoms with Crippen molar-refractivity contribution in [3.05, 3.63) is 47.1 Å². The predicted molar refractivity (Wildman–Crippen MR) is 79.4 cm³/mol. The smallest absolute Gasteiger partial charge is 0.240 e. The van der Waals surface area contributed by atoms with Crippen molar-refractivity contribution in [1.29, 1.82) is 0 Å². The van der Waals surface area contributed by atoms with E-state index in [1.165, 1.54) is 11.1 Å². The van der Waals surface area contributed by atoms with E-state index >= 15 is 0 Å². The largest absolute Gasteiger partial charge is 0.338 e. The van der Waals surface area contributed by atoms with E-state index in [0.717, 1.165) is 0 Å². The van der Waals surface area contributed by atoms with Crippen LogP contribution in [-0.2, 0) is 12.0 Å². The zero-order valence-corrected chi connectivity index (χ0v) is 12.9. The third kappa shape index (κ3) is 3.67. The SMILES string of the molecule is Cc1noc(CNC(C)c2ccc(C(C)(C)C)cc2)n1. The van der Waals surface area contributed by atoms with Crippen LogP contribution in [0.1, 0.15) is 56.6 Å². The number of rotatable bonds is 4. The van der Waals surface area contributed by atoms with Crippen LogP contribution in [0.3, 0.4) is 0 Å². The van der Waals surface area contributed by atoms with Gasteiger partial charge in [-0.25, -0.2) is 0 Å². The third-order valence-electron chi connectivity index (χ3n) is 3.41. The molecule has 0 spiro atoms. The molecule has 0 aliphatic carbocycles. The predicted octanol–water partition coefficient (Wildman–Crippen LogP) is 3.53. The van der Waals surface area contributed by atoms with Crippen molar-refractivity contribution < 1.29 is 4.52 Å². The Hall–Kier alpha value is -1.68. The van der Waals surface area contributed by atoms with Crippen LogP contribution >= 0.6 is 0 Å².